The summed E-state index contributed by atoms with van der Waals surface area (Å²) in [7, 11) is 0. The summed E-state index contributed by atoms with van der Waals surface area (Å²) in [5.74, 6) is 0. The van der Waals surface area contributed by atoms with Crippen molar-refractivity contribution in [3.05, 3.63) is 27.7 Å². The van der Waals surface area contributed by atoms with Gasteiger partial charge in [0.25, 0.3) is 0 Å². The Morgan fingerprint density at radius 2 is 1.88 bits per heavy atom. The van der Waals surface area contributed by atoms with Gasteiger partial charge in [0.2, 0.25) is 0 Å². The van der Waals surface area contributed by atoms with Crippen molar-refractivity contribution in [1.82, 2.24) is 0 Å². The predicted molar refractivity (Wildman–Crippen MR) is 73.2 cm³/mol. The Morgan fingerprint density at radius 3 is 2.44 bits per heavy atom. The lowest BCUT2D eigenvalue weighted by atomic mass is 10.1. The standard InChI is InChI=1S/C13H20BrNO/c1-4-16-7-5-6-15-12-8-10(2)13(14)11(3)9-12/h8-9,15H,4-7H2,1-3H3. The highest BCUT2D eigenvalue weighted by Crippen LogP contribution is 2.24. The van der Waals surface area contributed by atoms with Gasteiger partial charge in [0.05, 0.1) is 0 Å². The van der Waals surface area contributed by atoms with Crippen LogP contribution in [0, 0.1) is 13.8 Å². The minimum atomic E-state index is 0.802. The SMILES string of the molecule is CCOCCCNc1cc(C)c(Br)c(C)c1. The molecule has 16 heavy (non-hydrogen) atoms. The fourth-order valence-corrected chi connectivity index (χ4v) is 1.83. The molecule has 1 rings (SSSR count). The molecule has 0 amide bonds. The second-order valence-electron chi connectivity index (χ2n) is 3.90. The normalized spacial score (nSPS) is 10.5. The summed E-state index contributed by atoms with van der Waals surface area (Å²) in [6.45, 7) is 8.84. The zero-order valence-electron chi connectivity index (χ0n) is 10.3. The molecule has 2 nitrogen and oxygen atoms in total. The first-order chi connectivity index (χ1) is 7.65. The van der Waals surface area contributed by atoms with E-state index in [1.165, 1.54) is 21.3 Å². The summed E-state index contributed by atoms with van der Waals surface area (Å²) in [4.78, 5) is 0. The van der Waals surface area contributed by atoms with E-state index in [0.717, 1.165) is 26.2 Å². The number of hydrogen-bond donors (Lipinski definition) is 1. The highest BCUT2D eigenvalue weighted by atomic mass is 79.9. The third-order valence-electron chi connectivity index (χ3n) is 2.44. The van der Waals surface area contributed by atoms with Gasteiger partial charge in [0.1, 0.15) is 0 Å². The van der Waals surface area contributed by atoms with Gasteiger partial charge in [-0.2, -0.15) is 0 Å². The maximum Gasteiger partial charge on any atom is 0.0482 e. The summed E-state index contributed by atoms with van der Waals surface area (Å²) in [6, 6.07) is 4.33. The van der Waals surface area contributed by atoms with Crippen molar-refractivity contribution in [3.8, 4) is 0 Å². The van der Waals surface area contributed by atoms with E-state index < -0.39 is 0 Å². The van der Waals surface area contributed by atoms with Gasteiger partial charge < -0.3 is 10.1 Å². The molecule has 0 saturated carbocycles. The molecule has 90 valence electrons. The molecule has 3 heteroatoms. The van der Waals surface area contributed by atoms with E-state index in [4.69, 9.17) is 4.74 Å². The largest absolute Gasteiger partial charge is 0.385 e. The Bertz CT molecular complexity index is 316. The summed E-state index contributed by atoms with van der Waals surface area (Å²) in [6.07, 6.45) is 1.04. The van der Waals surface area contributed by atoms with E-state index in [9.17, 15) is 0 Å². The molecule has 0 radical (unpaired) electrons. The molecule has 0 saturated heterocycles. The van der Waals surface area contributed by atoms with Crippen molar-refractivity contribution in [2.75, 3.05) is 25.1 Å². The third-order valence-corrected chi connectivity index (χ3v) is 3.69. The number of halogens is 1. The monoisotopic (exact) mass is 285 g/mol. The molecule has 1 aromatic carbocycles. The van der Waals surface area contributed by atoms with Crippen LogP contribution in [0.25, 0.3) is 0 Å². The van der Waals surface area contributed by atoms with Gasteiger partial charge in [0.15, 0.2) is 0 Å². The zero-order chi connectivity index (χ0) is 12.0. The number of anilines is 1. The molecule has 0 aliphatic heterocycles. The molecular weight excluding hydrogens is 266 g/mol. The number of aryl methyl sites for hydroxylation is 2. The van der Waals surface area contributed by atoms with Crippen molar-refractivity contribution in [3.63, 3.8) is 0 Å². The Balaban J connectivity index is 2.43. The second-order valence-corrected chi connectivity index (χ2v) is 4.69. The molecule has 0 aliphatic carbocycles. The van der Waals surface area contributed by atoms with E-state index in [1.54, 1.807) is 0 Å². The van der Waals surface area contributed by atoms with Crippen molar-refractivity contribution < 1.29 is 4.74 Å². The van der Waals surface area contributed by atoms with Crippen LogP contribution in [-0.4, -0.2) is 19.8 Å². The zero-order valence-corrected chi connectivity index (χ0v) is 11.9. The third kappa shape index (κ3) is 4.14. The molecule has 0 fully saturated rings. The van der Waals surface area contributed by atoms with Gasteiger partial charge in [-0.1, -0.05) is 15.9 Å². The van der Waals surface area contributed by atoms with Crippen molar-refractivity contribution in [2.24, 2.45) is 0 Å². The van der Waals surface area contributed by atoms with E-state index in [-0.39, 0.29) is 0 Å². The Labute approximate surface area is 107 Å². The second kappa shape index (κ2) is 6.92. The quantitative estimate of drug-likeness (QED) is 0.801. The van der Waals surface area contributed by atoms with Crippen LogP contribution >= 0.6 is 15.9 Å². The lowest BCUT2D eigenvalue weighted by molar-refractivity contribution is 0.147. The number of rotatable bonds is 6. The van der Waals surface area contributed by atoms with Crippen LogP contribution in [0.1, 0.15) is 24.5 Å². The highest BCUT2D eigenvalue weighted by Gasteiger charge is 2.01. The lowest BCUT2D eigenvalue weighted by Crippen LogP contribution is -2.06. The summed E-state index contributed by atoms with van der Waals surface area (Å²) >= 11 is 3.57. The van der Waals surface area contributed by atoms with Crippen LogP contribution in [0.3, 0.4) is 0 Å². The smallest absolute Gasteiger partial charge is 0.0482 e. The van der Waals surface area contributed by atoms with Crippen LogP contribution < -0.4 is 5.32 Å². The van der Waals surface area contributed by atoms with Crippen LogP contribution in [0.5, 0.6) is 0 Å². The number of hydrogen-bond acceptors (Lipinski definition) is 2. The average molecular weight is 286 g/mol. The fraction of sp³-hybridized carbons (Fsp3) is 0.538. The molecular formula is C13H20BrNO. The van der Waals surface area contributed by atoms with Gasteiger partial charge in [-0.05, 0) is 50.5 Å². The van der Waals surface area contributed by atoms with Gasteiger partial charge in [-0.3, -0.25) is 0 Å². The fourth-order valence-electron chi connectivity index (χ4n) is 1.60. The van der Waals surface area contributed by atoms with Crippen molar-refractivity contribution in [1.29, 1.82) is 0 Å². The average Bonchev–Trinajstić information content (AvgIpc) is 2.25. The Hall–Kier alpha value is -0.540. The molecule has 0 aromatic heterocycles. The minimum absolute atomic E-state index is 0.802. The van der Waals surface area contributed by atoms with Crippen LogP contribution in [0.4, 0.5) is 5.69 Å². The molecule has 0 heterocycles. The maximum atomic E-state index is 5.29. The van der Waals surface area contributed by atoms with Gasteiger partial charge in [-0.25, -0.2) is 0 Å². The van der Waals surface area contributed by atoms with Gasteiger partial charge in [-0.15, -0.1) is 0 Å². The van der Waals surface area contributed by atoms with Gasteiger partial charge in [0, 0.05) is 29.9 Å². The molecule has 0 atom stereocenters. The van der Waals surface area contributed by atoms with Crippen molar-refractivity contribution in [2.45, 2.75) is 27.2 Å². The number of benzene rings is 1. The van der Waals surface area contributed by atoms with E-state index in [0.29, 0.717) is 0 Å². The summed E-state index contributed by atoms with van der Waals surface area (Å²) < 4.78 is 6.49. The molecule has 0 bridgehead atoms. The maximum absolute atomic E-state index is 5.29. The van der Waals surface area contributed by atoms with E-state index >= 15 is 0 Å². The predicted octanol–water partition coefficient (Wildman–Crippen LogP) is 3.90. The van der Waals surface area contributed by atoms with E-state index in [1.807, 2.05) is 6.92 Å². The number of ether oxygens (including phenoxy) is 1. The van der Waals surface area contributed by atoms with Crippen LogP contribution in [0.2, 0.25) is 0 Å². The molecule has 0 spiro atoms. The molecule has 0 aliphatic rings. The first-order valence-electron chi connectivity index (χ1n) is 5.73. The van der Waals surface area contributed by atoms with E-state index in [2.05, 4.69) is 47.2 Å². The van der Waals surface area contributed by atoms with Crippen molar-refractivity contribution >= 4 is 21.6 Å². The Morgan fingerprint density at radius 1 is 1.25 bits per heavy atom. The highest BCUT2D eigenvalue weighted by molar-refractivity contribution is 9.10. The first kappa shape index (κ1) is 13.5. The van der Waals surface area contributed by atoms with Gasteiger partial charge >= 0.3 is 0 Å². The lowest BCUT2D eigenvalue weighted by Gasteiger charge is -2.10. The summed E-state index contributed by atoms with van der Waals surface area (Å²) in [5.41, 5.74) is 3.73. The molecule has 1 aromatic rings. The van der Waals surface area contributed by atoms with Crippen LogP contribution in [0.15, 0.2) is 16.6 Å². The Kier molecular flexibility index (Phi) is 5.85. The minimum Gasteiger partial charge on any atom is -0.385 e. The van der Waals surface area contributed by atoms with Crippen LogP contribution in [-0.2, 0) is 4.74 Å². The first-order valence-corrected chi connectivity index (χ1v) is 6.52. The molecule has 0 unspecified atom stereocenters. The summed E-state index contributed by atoms with van der Waals surface area (Å²) in [5, 5.41) is 3.41. The topological polar surface area (TPSA) is 21.3 Å². The number of nitrogens with one attached hydrogen (secondary N) is 1. The molecule has 1 N–H and O–H groups in total.